The van der Waals surface area contributed by atoms with Gasteiger partial charge in [0.15, 0.2) is 0 Å². The first kappa shape index (κ1) is 13.2. The third kappa shape index (κ3) is 6.70. The third-order valence-electron chi connectivity index (χ3n) is 2.33. The molecule has 0 aliphatic rings. The van der Waals surface area contributed by atoms with Crippen molar-refractivity contribution in [2.24, 2.45) is 0 Å². The summed E-state index contributed by atoms with van der Waals surface area (Å²) in [4.78, 5) is 10.7. The molecule has 0 amide bonds. The average Bonchev–Trinajstić information content (AvgIpc) is 2.15. The van der Waals surface area contributed by atoms with Crippen LogP contribution >= 0.6 is 0 Å². The molecule has 0 unspecified atom stereocenters. The lowest BCUT2D eigenvalue weighted by Gasteiger charge is -2.13. The molecule has 0 bridgehead atoms. The van der Waals surface area contributed by atoms with Crippen molar-refractivity contribution in [2.75, 3.05) is 0 Å². The van der Waals surface area contributed by atoms with Gasteiger partial charge in [-0.2, -0.15) is 0 Å². The van der Waals surface area contributed by atoms with Crippen LogP contribution in [0.1, 0.15) is 53.4 Å². The molecule has 0 radical (unpaired) electrons. The summed E-state index contributed by atoms with van der Waals surface area (Å²) in [5.41, 5.74) is 1.41. The van der Waals surface area contributed by atoms with Gasteiger partial charge in [-0.25, -0.2) is 0 Å². The normalized spacial score (nSPS) is 13.9. The van der Waals surface area contributed by atoms with E-state index in [9.17, 15) is 4.79 Å². The summed E-state index contributed by atoms with van der Waals surface area (Å²) in [6, 6.07) is 0. The van der Waals surface area contributed by atoms with E-state index in [1.807, 2.05) is 6.92 Å². The fourth-order valence-electron chi connectivity index (χ4n) is 1.24. The largest absolute Gasteiger partial charge is 0.463 e. The number of carbonyl (C=O) groups excluding carboxylic acids is 1. The van der Waals surface area contributed by atoms with Crippen LogP contribution in [0.3, 0.4) is 0 Å². The average molecular weight is 198 g/mol. The Morgan fingerprint density at radius 3 is 2.43 bits per heavy atom. The van der Waals surface area contributed by atoms with Gasteiger partial charge in [0.1, 0.15) is 6.10 Å². The van der Waals surface area contributed by atoms with Crippen LogP contribution in [-0.2, 0) is 9.53 Å². The van der Waals surface area contributed by atoms with Crippen molar-refractivity contribution in [3.63, 3.8) is 0 Å². The molecule has 0 aromatic heterocycles. The van der Waals surface area contributed by atoms with Gasteiger partial charge in [0, 0.05) is 6.92 Å². The Hall–Kier alpha value is -0.790. The number of esters is 1. The molecule has 2 nitrogen and oxygen atoms in total. The molecule has 0 saturated carbocycles. The van der Waals surface area contributed by atoms with E-state index in [0.717, 1.165) is 25.7 Å². The fourth-order valence-corrected chi connectivity index (χ4v) is 1.24. The minimum atomic E-state index is -0.173. The van der Waals surface area contributed by atoms with Crippen molar-refractivity contribution >= 4 is 5.97 Å². The zero-order valence-electron chi connectivity index (χ0n) is 9.80. The first-order valence-corrected chi connectivity index (χ1v) is 5.43. The highest BCUT2D eigenvalue weighted by molar-refractivity contribution is 5.66. The van der Waals surface area contributed by atoms with Gasteiger partial charge in [0.05, 0.1) is 0 Å². The number of carbonyl (C=O) groups is 1. The van der Waals surface area contributed by atoms with Crippen LogP contribution in [0.5, 0.6) is 0 Å². The van der Waals surface area contributed by atoms with E-state index in [1.165, 1.54) is 12.5 Å². The van der Waals surface area contributed by atoms with Crippen molar-refractivity contribution < 1.29 is 9.53 Å². The van der Waals surface area contributed by atoms with Crippen LogP contribution in [0.15, 0.2) is 11.6 Å². The van der Waals surface area contributed by atoms with Crippen molar-refractivity contribution in [3.8, 4) is 0 Å². The minimum Gasteiger partial charge on any atom is -0.463 e. The summed E-state index contributed by atoms with van der Waals surface area (Å²) in [7, 11) is 0. The molecular weight excluding hydrogens is 176 g/mol. The van der Waals surface area contributed by atoms with Crippen molar-refractivity contribution in [1.29, 1.82) is 0 Å². The molecule has 0 N–H and O–H groups in total. The molecule has 0 aliphatic carbocycles. The second kappa shape index (κ2) is 7.60. The molecule has 0 aliphatic heterocycles. The Morgan fingerprint density at radius 1 is 1.36 bits per heavy atom. The number of ether oxygens (including phenoxy) is 1. The Kier molecular flexibility index (Phi) is 7.17. The molecule has 0 aromatic carbocycles. The highest BCUT2D eigenvalue weighted by Crippen LogP contribution is 2.10. The van der Waals surface area contributed by atoms with Gasteiger partial charge in [-0.05, 0) is 32.6 Å². The second-order valence-electron chi connectivity index (χ2n) is 3.62. The van der Waals surface area contributed by atoms with Crippen molar-refractivity contribution in [1.82, 2.24) is 0 Å². The summed E-state index contributed by atoms with van der Waals surface area (Å²) in [5.74, 6) is -0.173. The molecule has 82 valence electrons. The molecule has 0 saturated heterocycles. The van der Waals surface area contributed by atoms with Gasteiger partial charge in [-0.3, -0.25) is 4.79 Å². The predicted octanol–water partition coefficient (Wildman–Crippen LogP) is 3.46. The SMILES string of the molecule is CC/C(C)=C\CC[C@@H](CC)OC(C)=O. The smallest absolute Gasteiger partial charge is 0.302 e. The van der Waals surface area contributed by atoms with E-state index in [0.29, 0.717) is 0 Å². The summed E-state index contributed by atoms with van der Waals surface area (Å²) < 4.78 is 5.15. The Morgan fingerprint density at radius 2 is 2.00 bits per heavy atom. The van der Waals surface area contributed by atoms with E-state index < -0.39 is 0 Å². The van der Waals surface area contributed by atoms with Crippen molar-refractivity contribution in [2.45, 2.75) is 59.5 Å². The summed E-state index contributed by atoms with van der Waals surface area (Å²) >= 11 is 0. The van der Waals surface area contributed by atoms with E-state index in [4.69, 9.17) is 4.74 Å². The molecule has 14 heavy (non-hydrogen) atoms. The molecule has 0 heterocycles. The predicted molar refractivity (Wildman–Crippen MR) is 59.1 cm³/mol. The van der Waals surface area contributed by atoms with Gasteiger partial charge in [-0.15, -0.1) is 0 Å². The van der Waals surface area contributed by atoms with E-state index in [-0.39, 0.29) is 12.1 Å². The molecule has 0 rings (SSSR count). The first-order valence-electron chi connectivity index (χ1n) is 5.43. The standard InChI is InChI=1S/C12H22O2/c1-5-10(3)8-7-9-12(6-2)14-11(4)13/h8,12H,5-7,9H2,1-4H3/b10-8-/t12-/m1/s1. The Balaban J connectivity index is 3.78. The number of hydrogen-bond acceptors (Lipinski definition) is 2. The summed E-state index contributed by atoms with van der Waals surface area (Å²) in [6.07, 6.45) is 6.27. The lowest BCUT2D eigenvalue weighted by Crippen LogP contribution is -2.14. The summed E-state index contributed by atoms with van der Waals surface area (Å²) in [6.45, 7) is 7.79. The van der Waals surface area contributed by atoms with Gasteiger partial charge in [0.2, 0.25) is 0 Å². The van der Waals surface area contributed by atoms with Crippen LogP contribution in [0.25, 0.3) is 0 Å². The monoisotopic (exact) mass is 198 g/mol. The van der Waals surface area contributed by atoms with Crippen LogP contribution in [0, 0.1) is 0 Å². The molecule has 0 spiro atoms. The molecular formula is C12H22O2. The third-order valence-corrected chi connectivity index (χ3v) is 2.33. The van der Waals surface area contributed by atoms with Gasteiger partial charge in [0.25, 0.3) is 0 Å². The first-order chi connectivity index (χ1) is 6.60. The van der Waals surface area contributed by atoms with Crippen LogP contribution in [0.4, 0.5) is 0 Å². The quantitative estimate of drug-likeness (QED) is 0.482. The van der Waals surface area contributed by atoms with E-state index >= 15 is 0 Å². The second-order valence-corrected chi connectivity index (χ2v) is 3.62. The maximum absolute atomic E-state index is 10.7. The zero-order chi connectivity index (χ0) is 11.0. The van der Waals surface area contributed by atoms with Gasteiger partial charge >= 0.3 is 5.97 Å². The molecule has 0 aromatic rings. The number of hydrogen-bond donors (Lipinski definition) is 0. The number of allylic oxidation sites excluding steroid dienone is 2. The topological polar surface area (TPSA) is 26.3 Å². The number of rotatable bonds is 6. The van der Waals surface area contributed by atoms with E-state index in [2.05, 4.69) is 19.9 Å². The highest BCUT2D eigenvalue weighted by atomic mass is 16.5. The lowest BCUT2D eigenvalue weighted by molar-refractivity contribution is -0.146. The zero-order valence-corrected chi connectivity index (χ0v) is 9.80. The van der Waals surface area contributed by atoms with Crippen molar-refractivity contribution in [3.05, 3.63) is 11.6 Å². The Bertz CT molecular complexity index is 194. The maximum Gasteiger partial charge on any atom is 0.302 e. The van der Waals surface area contributed by atoms with Crippen LogP contribution in [0.2, 0.25) is 0 Å². The van der Waals surface area contributed by atoms with Crippen LogP contribution in [-0.4, -0.2) is 12.1 Å². The fraction of sp³-hybridized carbons (Fsp3) is 0.750. The molecule has 2 heteroatoms. The minimum absolute atomic E-state index is 0.0911. The molecule has 0 fully saturated rings. The van der Waals surface area contributed by atoms with Gasteiger partial charge < -0.3 is 4.74 Å². The van der Waals surface area contributed by atoms with E-state index in [1.54, 1.807) is 0 Å². The summed E-state index contributed by atoms with van der Waals surface area (Å²) in [5, 5.41) is 0. The lowest BCUT2D eigenvalue weighted by atomic mass is 10.1. The van der Waals surface area contributed by atoms with Gasteiger partial charge in [-0.1, -0.05) is 25.5 Å². The maximum atomic E-state index is 10.7. The molecule has 1 atom stereocenters. The Labute approximate surface area is 87.3 Å². The van der Waals surface area contributed by atoms with Crippen LogP contribution < -0.4 is 0 Å². The highest BCUT2D eigenvalue weighted by Gasteiger charge is 2.07.